The molecule has 1 heterocycles. The summed E-state index contributed by atoms with van der Waals surface area (Å²) in [5.74, 6) is 0.429. The molecule has 25 heavy (non-hydrogen) atoms. The van der Waals surface area contributed by atoms with E-state index in [0.29, 0.717) is 5.82 Å². The summed E-state index contributed by atoms with van der Waals surface area (Å²) in [6, 6.07) is 15.8. The molecular weight excluding hydrogens is 330 g/mol. The number of hydrogen-bond donors (Lipinski definition) is 2. The Morgan fingerprint density at radius 1 is 1.20 bits per heavy atom. The van der Waals surface area contributed by atoms with Crippen molar-refractivity contribution in [3.63, 3.8) is 0 Å². The third-order valence-corrected chi connectivity index (χ3v) is 5.27. The molecule has 0 aliphatic rings. The summed E-state index contributed by atoms with van der Waals surface area (Å²) in [7, 11) is 0. The van der Waals surface area contributed by atoms with E-state index in [9.17, 15) is 10.4 Å². The average Bonchev–Trinajstić information content (AvgIpc) is 3.02. The first kappa shape index (κ1) is 17.1. The second-order valence-corrected chi connectivity index (χ2v) is 7.39. The smallest absolute Gasteiger partial charge is 0.152 e. The number of nitrogens with one attached hydrogen (secondary N) is 1. The number of rotatable bonds is 4. The van der Waals surface area contributed by atoms with Crippen LogP contribution in [0.2, 0.25) is 0 Å². The Bertz CT molecular complexity index is 965. The zero-order valence-electron chi connectivity index (χ0n) is 14.4. The van der Waals surface area contributed by atoms with Crippen LogP contribution >= 0.6 is 11.8 Å². The number of imidazole rings is 1. The molecule has 0 fully saturated rings. The van der Waals surface area contributed by atoms with Gasteiger partial charge in [-0.15, -0.1) is 11.8 Å². The molecule has 1 atom stereocenters. The maximum absolute atomic E-state index is 10.6. The highest BCUT2D eigenvalue weighted by molar-refractivity contribution is 8.00. The van der Waals surface area contributed by atoms with Gasteiger partial charge in [0.05, 0.1) is 16.3 Å². The van der Waals surface area contributed by atoms with Crippen LogP contribution in [-0.2, 0) is 0 Å². The van der Waals surface area contributed by atoms with Crippen LogP contribution in [0.25, 0.3) is 16.6 Å². The van der Waals surface area contributed by atoms with Gasteiger partial charge in [-0.25, -0.2) is 4.98 Å². The predicted molar refractivity (Wildman–Crippen MR) is 102 cm³/mol. The number of aryl methyl sites for hydroxylation is 2. The molecule has 126 valence electrons. The molecule has 0 radical (unpaired) electrons. The topological polar surface area (TPSA) is 72.7 Å². The fourth-order valence-corrected chi connectivity index (χ4v) is 3.58. The summed E-state index contributed by atoms with van der Waals surface area (Å²) < 4.78 is 0. The molecule has 0 saturated heterocycles. The summed E-state index contributed by atoms with van der Waals surface area (Å²) in [5.41, 5.74) is 4.23. The summed E-state index contributed by atoms with van der Waals surface area (Å²) in [4.78, 5) is 8.58. The molecule has 1 unspecified atom stereocenters. The molecule has 4 nitrogen and oxygen atoms in total. The van der Waals surface area contributed by atoms with E-state index in [4.69, 9.17) is 0 Å². The van der Waals surface area contributed by atoms with Gasteiger partial charge in [0, 0.05) is 4.90 Å². The second-order valence-electron chi connectivity index (χ2n) is 5.98. The molecule has 0 saturated carbocycles. The quantitative estimate of drug-likeness (QED) is 0.388. The lowest BCUT2D eigenvalue weighted by Crippen LogP contribution is -2.05. The van der Waals surface area contributed by atoms with Crippen molar-refractivity contribution in [3.8, 4) is 6.07 Å². The van der Waals surface area contributed by atoms with E-state index in [2.05, 4.69) is 42.0 Å². The zero-order chi connectivity index (χ0) is 18.0. The predicted octanol–water partition coefficient (Wildman–Crippen LogP) is 5.15. The van der Waals surface area contributed by atoms with Crippen molar-refractivity contribution in [1.82, 2.24) is 9.97 Å². The molecular formula is C20H19N3OS. The molecule has 2 N–H and O–H groups in total. The number of nitriles is 1. The monoisotopic (exact) mass is 349 g/mol. The van der Waals surface area contributed by atoms with E-state index in [-0.39, 0.29) is 16.6 Å². The summed E-state index contributed by atoms with van der Waals surface area (Å²) >= 11 is 1.52. The number of benzene rings is 2. The van der Waals surface area contributed by atoms with Crippen LogP contribution in [0, 0.1) is 25.2 Å². The summed E-state index contributed by atoms with van der Waals surface area (Å²) in [5, 5.41) is 19.9. The highest BCUT2D eigenvalue weighted by atomic mass is 32.2. The molecule has 5 heteroatoms. The van der Waals surface area contributed by atoms with Crippen molar-refractivity contribution >= 4 is 28.4 Å². The van der Waals surface area contributed by atoms with Crippen LogP contribution in [0.5, 0.6) is 0 Å². The molecule has 2 aromatic carbocycles. The second kappa shape index (κ2) is 7.04. The Hall–Kier alpha value is -2.71. The van der Waals surface area contributed by atoms with Gasteiger partial charge in [-0.05, 0) is 56.2 Å². The van der Waals surface area contributed by atoms with E-state index >= 15 is 0 Å². The van der Waals surface area contributed by atoms with Crippen LogP contribution in [0.15, 0.2) is 53.1 Å². The van der Waals surface area contributed by atoms with Crippen LogP contribution in [-0.4, -0.2) is 20.3 Å². The molecule has 0 aliphatic heterocycles. The number of H-pyrrole nitrogens is 1. The number of para-hydroxylation sites is 2. The van der Waals surface area contributed by atoms with Crippen molar-refractivity contribution in [2.75, 3.05) is 0 Å². The minimum Gasteiger partial charge on any atom is -0.510 e. The highest BCUT2D eigenvalue weighted by Gasteiger charge is 2.19. The lowest BCUT2D eigenvalue weighted by Gasteiger charge is -2.13. The summed E-state index contributed by atoms with van der Waals surface area (Å²) in [6.45, 7) is 6.02. The Morgan fingerprint density at radius 3 is 2.64 bits per heavy atom. The summed E-state index contributed by atoms with van der Waals surface area (Å²) in [6.07, 6.45) is 0. The zero-order valence-corrected chi connectivity index (χ0v) is 15.2. The molecule has 0 spiro atoms. The number of allylic oxidation sites excluding steroid dienone is 1. The van der Waals surface area contributed by atoms with Crippen LogP contribution in [0.4, 0.5) is 0 Å². The van der Waals surface area contributed by atoms with Gasteiger partial charge in [-0.1, -0.05) is 18.2 Å². The maximum Gasteiger partial charge on any atom is 0.152 e. The third-order valence-electron chi connectivity index (χ3n) is 4.17. The largest absolute Gasteiger partial charge is 0.510 e. The fraction of sp³-hybridized carbons (Fsp3) is 0.200. The van der Waals surface area contributed by atoms with Gasteiger partial charge in [-0.3, -0.25) is 0 Å². The number of hydrogen-bond acceptors (Lipinski definition) is 4. The maximum atomic E-state index is 10.6. The molecule has 1 aromatic heterocycles. The van der Waals surface area contributed by atoms with Gasteiger partial charge in [-0.2, -0.15) is 5.26 Å². The Balaban J connectivity index is 1.92. The van der Waals surface area contributed by atoms with Crippen molar-refractivity contribution < 1.29 is 5.11 Å². The minimum absolute atomic E-state index is 0.0322. The Labute approximate surface area is 151 Å². The normalized spacial score (nSPS) is 13.4. The van der Waals surface area contributed by atoms with Crippen LogP contribution in [0.3, 0.4) is 0 Å². The van der Waals surface area contributed by atoms with E-state index in [1.165, 1.54) is 22.9 Å². The number of aromatic amines is 1. The molecule has 3 rings (SSSR count). The lowest BCUT2D eigenvalue weighted by molar-refractivity contribution is 0.402. The number of thioether (sulfide) groups is 1. The van der Waals surface area contributed by atoms with Crippen molar-refractivity contribution in [3.05, 3.63) is 65.2 Å². The van der Waals surface area contributed by atoms with Gasteiger partial charge in [0.15, 0.2) is 5.82 Å². The van der Waals surface area contributed by atoms with Gasteiger partial charge in [0.1, 0.15) is 17.4 Å². The Kier molecular flexibility index (Phi) is 4.82. The lowest BCUT2D eigenvalue weighted by atomic mass is 10.1. The van der Waals surface area contributed by atoms with E-state index in [1.54, 1.807) is 0 Å². The van der Waals surface area contributed by atoms with Crippen molar-refractivity contribution in [1.29, 1.82) is 5.26 Å². The van der Waals surface area contributed by atoms with Gasteiger partial charge in [0.2, 0.25) is 0 Å². The first-order valence-corrected chi connectivity index (χ1v) is 8.90. The molecule has 0 amide bonds. The molecule has 0 aliphatic carbocycles. The van der Waals surface area contributed by atoms with E-state index in [1.807, 2.05) is 37.3 Å². The number of nitrogens with zero attached hydrogens (tertiary/aromatic N) is 2. The fourth-order valence-electron chi connectivity index (χ4n) is 2.55. The number of aliphatic hydroxyl groups excluding tert-OH is 1. The minimum atomic E-state index is -0.259. The first-order chi connectivity index (χ1) is 12.0. The SMILES string of the molecule is Cc1ccc(SC(C)/C(O)=C(\C#N)c2nc3ccccc3[nH]2)cc1C. The van der Waals surface area contributed by atoms with Gasteiger partial charge in [0.25, 0.3) is 0 Å². The van der Waals surface area contributed by atoms with E-state index < -0.39 is 0 Å². The van der Waals surface area contributed by atoms with Crippen molar-refractivity contribution in [2.45, 2.75) is 30.9 Å². The third kappa shape index (κ3) is 3.54. The number of aromatic nitrogens is 2. The van der Waals surface area contributed by atoms with Gasteiger partial charge >= 0.3 is 0 Å². The van der Waals surface area contributed by atoms with Crippen LogP contribution in [0.1, 0.15) is 23.9 Å². The van der Waals surface area contributed by atoms with Crippen molar-refractivity contribution in [2.24, 2.45) is 0 Å². The number of aliphatic hydroxyl groups is 1. The molecule has 0 bridgehead atoms. The standard InChI is InChI=1S/C20H19N3OS/c1-12-8-9-15(10-13(12)2)25-14(3)19(24)16(11-21)20-22-17-6-4-5-7-18(17)23-20/h4-10,14,24H,1-3H3,(H,22,23)/b19-16-. The van der Waals surface area contributed by atoms with E-state index in [0.717, 1.165) is 15.9 Å². The first-order valence-electron chi connectivity index (χ1n) is 8.02. The highest BCUT2D eigenvalue weighted by Crippen LogP contribution is 2.31. The number of fused-ring (bicyclic) bond motifs is 1. The van der Waals surface area contributed by atoms with Gasteiger partial charge < -0.3 is 10.1 Å². The Morgan fingerprint density at radius 2 is 1.96 bits per heavy atom. The average molecular weight is 349 g/mol. The van der Waals surface area contributed by atoms with Crippen LogP contribution < -0.4 is 0 Å². The molecule has 3 aromatic rings.